The van der Waals surface area contributed by atoms with Crippen molar-refractivity contribution in [1.82, 2.24) is 4.98 Å². The topological polar surface area (TPSA) is 37.0 Å². The van der Waals surface area contributed by atoms with Gasteiger partial charge in [-0.3, -0.25) is 0 Å². The Bertz CT molecular complexity index is 457. The minimum atomic E-state index is 0.722. The number of aromatic nitrogens is 1. The fourth-order valence-electron chi connectivity index (χ4n) is 4.56. The number of rotatable bonds is 5. The van der Waals surface area contributed by atoms with Gasteiger partial charge in [-0.25, -0.2) is 4.98 Å². The molecule has 4 atom stereocenters. The zero-order valence-corrected chi connectivity index (χ0v) is 11.6. The van der Waals surface area contributed by atoms with E-state index in [9.17, 15) is 0 Å². The molecule has 1 aromatic heterocycles. The third-order valence-electron chi connectivity index (χ3n) is 5.36. The van der Waals surface area contributed by atoms with Gasteiger partial charge in [-0.05, 0) is 61.5 Å². The first-order valence-corrected chi connectivity index (χ1v) is 7.84. The van der Waals surface area contributed by atoms with Gasteiger partial charge in [-0.1, -0.05) is 13.0 Å². The van der Waals surface area contributed by atoms with Crippen molar-refractivity contribution < 1.29 is 0 Å². The monoisotopic (exact) mass is 257 g/mol. The van der Waals surface area contributed by atoms with Gasteiger partial charge in [-0.15, -0.1) is 0 Å². The molecule has 3 nitrogen and oxygen atoms in total. The number of anilines is 2. The van der Waals surface area contributed by atoms with Crippen molar-refractivity contribution in [3.05, 3.63) is 18.2 Å². The molecule has 0 radical (unpaired) electrons. The average Bonchev–Trinajstić information content (AvgIpc) is 2.84. The second kappa shape index (κ2) is 4.39. The van der Waals surface area contributed by atoms with E-state index >= 15 is 0 Å². The van der Waals surface area contributed by atoms with Crippen molar-refractivity contribution in [2.45, 2.75) is 38.6 Å². The van der Waals surface area contributed by atoms with Gasteiger partial charge in [0.1, 0.15) is 11.6 Å². The number of nitrogens with zero attached hydrogens (tertiary/aromatic N) is 1. The van der Waals surface area contributed by atoms with Gasteiger partial charge >= 0.3 is 0 Å². The fourth-order valence-corrected chi connectivity index (χ4v) is 4.56. The highest BCUT2D eigenvalue weighted by molar-refractivity contribution is 5.47. The Morgan fingerprint density at radius 1 is 1.16 bits per heavy atom. The molecule has 102 valence electrons. The summed E-state index contributed by atoms with van der Waals surface area (Å²) < 4.78 is 0. The minimum absolute atomic E-state index is 0.722. The van der Waals surface area contributed by atoms with Gasteiger partial charge in [-0.2, -0.15) is 0 Å². The highest BCUT2D eigenvalue weighted by Crippen LogP contribution is 2.66. The molecule has 0 amide bonds. The van der Waals surface area contributed by atoms with E-state index in [0.29, 0.717) is 0 Å². The number of hydrogen-bond donors (Lipinski definition) is 2. The molecule has 3 heteroatoms. The Hall–Kier alpha value is -1.25. The van der Waals surface area contributed by atoms with E-state index in [4.69, 9.17) is 0 Å². The standard InChI is InChI=1S/C16H23N3/c1-2-8-17-12-4-3-5-13(18-12)19-16-14-10-6-7-11(9-10)15(14)16/h3-5,10-11,14-16H,2,6-9H2,1H3,(H2,17,18,19). The molecule has 3 saturated carbocycles. The van der Waals surface area contributed by atoms with Crippen LogP contribution in [0, 0.1) is 23.7 Å². The quantitative estimate of drug-likeness (QED) is 0.849. The van der Waals surface area contributed by atoms with Gasteiger partial charge in [0.25, 0.3) is 0 Å². The number of pyridine rings is 1. The van der Waals surface area contributed by atoms with Crippen molar-refractivity contribution in [1.29, 1.82) is 0 Å². The Labute approximate surface area is 115 Å². The molecule has 1 heterocycles. The zero-order valence-electron chi connectivity index (χ0n) is 11.6. The lowest BCUT2D eigenvalue weighted by molar-refractivity contribution is 0.456. The number of fused-ring (bicyclic) bond motifs is 5. The van der Waals surface area contributed by atoms with E-state index in [1.165, 1.54) is 19.3 Å². The van der Waals surface area contributed by atoms with Crippen LogP contribution in [0.2, 0.25) is 0 Å². The lowest BCUT2D eigenvalue weighted by Gasteiger charge is -2.12. The van der Waals surface area contributed by atoms with E-state index in [0.717, 1.165) is 54.3 Å². The molecule has 0 saturated heterocycles. The van der Waals surface area contributed by atoms with Gasteiger partial charge in [0.05, 0.1) is 0 Å². The second-order valence-electron chi connectivity index (χ2n) is 6.49. The van der Waals surface area contributed by atoms with Crippen LogP contribution in [0.4, 0.5) is 11.6 Å². The lowest BCUT2D eigenvalue weighted by atomic mass is 10.0. The first-order chi connectivity index (χ1) is 9.36. The maximum absolute atomic E-state index is 4.67. The summed E-state index contributed by atoms with van der Waals surface area (Å²) in [5, 5.41) is 7.04. The minimum Gasteiger partial charge on any atom is -0.370 e. The van der Waals surface area contributed by atoms with Crippen LogP contribution in [0.15, 0.2) is 18.2 Å². The normalized spacial score (nSPS) is 38.1. The van der Waals surface area contributed by atoms with E-state index in [1.54, 1.807) is 0 Å². The molecule has 3 aliphatic rings. The first-order valence-electron chi connectivity index (χ1n) is 7.84. The van der Waals surface area contributed by atoms with Crippen molar-refractivity contribution >= 4 is 11.6 Å². The maximum Gasteiger partial charge on any atom is 0.128 e. The third-order valence-corrected chi connectivity index (χ3v) is 5.36. The highest BCUT2D eigenvalue weighted by Gasteiger charge is 2.65. The predicted molar refractivity (Wildman–Crippen MR) is 78.2 cm³/mol. The van der Waals surface area contributed by atoms with Crippen LogP contribution in [0.3, 0.4) is 0 Å². The number of nitrogens with one attached hydrogen (secondary N) is 2. The van der Waals surface area contributed by atoms with E-state index in [1.807, 2.05) is 0 Å². The van der Waals surface area contributed by atoms with Crippen LogP contribution in [-0.4, -0.2) is 17.6 Å². The van der Waals surface area contributed by atoms with Crippen molar-refractivity contribution in [2.24, 2.45) is 23.7 Å². The van der Waals surface area contributed by atoms with Crippen molar-refractivity contribution in [3.8, 4) is 0 Å². The van der Waals surface area contributed by atoms with Gasteiger partial charge < -0.3 is 10.6 Å². The Morgan fingerprint density at radius 3 is 2.63 bits per heavy atom. The second-order valence-corrected chi connectivity index (χ2v) is 6.49. The summed E-state index contributed by atoms with van der Waals surface area (Å²) in [7, 11) is 0. The summed E-state index contributed by atoms with van der Waals surface area (Å²) in [6, 6.07) is 6.98. The van der Waals surface area contributed by atoms with Crippen LogP contribution in [0.25, 0.3) is 0 Å². The summed E-state index contributed by atoms with van der Waals surface area (Å²) in [6.07, 6.45) is 5.61. The molecule has 0 spiro atoms. The summed E-state index contributed by atoms with van der Waals surface area (Å²) in [5.74, 6) is 6.03. The van der Waals surface area contributed by atoms with Crippen molar-refractivity contribution in [3.63, 3.8) is 0 Å². The SMILES string of the molecule is CCCNc1cccc(NC2C3C4CCC(C4)C23)n1. The van der Waals surface area contributed by atoms with Gasteiger partial charge in [0.15, 0.2) is 0 Å². The molecule has 0 aliphatic heterocycles. The van der Waals surface area contributed by atoms with Crippen LogP contribution < -0.4 is 10.6 Å². The highest BCUT2D eigenvalue weighted by atomic mass is 15.1. The van der Waals surface area contributed by atoms with Crippen LogP contribution in [0.5, 0.6) is 0 Å². The predicted octanol–water partition coefficient (Wildman–Crippen LogP) is 3.36. The third kappa shape index (κ3) is 1.90. The fraction of sp³-hybridized carbons (Fsp3) is 0.688. The molecule has 3 fully saturated rings. The van der Waals surface area contributed by atoms with Crippen molar-refractivity contribution in [2.75, 3.05) is 17.2 Å². The van der Waals surface area contributed by atoms with Crippen LogP contribution in [0.1, 0.15) is 32.6 Å². The largest absolute Gasteiger partial charge is 0.370 e. The van der Waals surface area contributed by atoms with E-state index in [-0.39, 0.29) is 0 Å². The molecular formula is C16H23N3. The van der Waals surface area contributed by atoms with E-state index < -0.39 is 0 Å². The molecule has 3 aliphatic carbocycles. The molecule has 1 aromatic rings. The maximum atomic E-state index is 4.67. The van der Waals surface area contributed by atoms with Crippen LogP contribution in [-0.2, 0) is 0 Å². The Balaban J connectivity index is 1.41. The molecule has 2 N–H and O–H groups in total. The molecule has 0 aromatic carbocycles. The smallest absolute Gasteiger partial charge is 0.128 e. The summed E-state index contributed by atoms with van der Waals surface area (Å²) in [4.78, 5) is 4.67. The molecule has 19 heavy (non-hydrogen) atoms. The number of hydrogen-bond acceptors (Lipinski definition) is 3. The zero-order chi connectivity index (χ0) is 12.8. The van der Waals surface area contributed by atoms with E-state index in [2.05, 4.69) is 40.7 Å². The molecule has 4 rings (SSSR count). The van der Waals surface area contributed by atoms with Crippen LogP contribution >= 0.6 is 0 Å². The van der Waals surface area contributed by atoms with Gasteiger partial charge in [0, 0.05) is 12.6 Å². The molecule has 4 unspecified atom stereocenters. The average molecular weight is 257 g/mol. The Kier molecular flexibility index (Phi) is 2.68. The first kappa shape index (κ1) is 11.6. The lowest BCUT2D eigenvalue weighted by Crippen LogP contribution is -2.14. The summed E-state index contributed by atoms with van der Waals surface area (Å²) in [5.41, 5.74) is 0. The molecular weight excluding hydrogens is 234 g/mol. The molecule has 2 bridgehead atoms. The summed E-state index contributed by atoms with van der Waals surface area (Å²) >= 11 is 0. The Morgan fingerprint density at radius 2 is 1.89 bits per heavy atom. The van der Waals surface area contributed by atoms with Gasteiger partial charge in [0.2, 0.25) is 0 Å². The summed E-state index contributed by atoms with van der Waals surface area (Å²) in [6.45, 7) is 3.17.